The second kappa shape index (κ2) is 9.26. The summed E-state index contributed by atoms with van der Waals surface area (Å²) < 4.78 is 52.4. The Hall–Kier alpha value is -4.34. The number of para-hydroxylation sites is 1. The number of aryl methyl sites for hydroxylation is 1. The van der Waals surface area contributed by atoms with E-state index >= 15 is 0 Å². The molecule has 0 atom stereocenters. The fourth-order valence-electron chi connectivity index (χ4n) is 3.17. The standard InChI is InChI=1S/C24H18F3N3O4/c1-14-5-3-8-20(28-14)30-22(31)18-13-15-6-4-7-19(32-2)21(15)33-23(18)29-16-9-11-17(12-10-16)34-24(25,26)27/h3-13H,1-2H3,(H,28,30,31). The van der Waals surface area contributed by atoms with E-state index in [-0.39, 0.29) is 16.8 Å². The van der Waals surface area contributed by atoms with Gasteiger partial charge in [0, 0.05) is 11.1 Å². The molecule has 0 fully saturated rings. The maximum atomic E-state index is 13.1. The Labute approximate surface area is 191 Å². The van der Waals surface area contributed by atoms with Crippen molar-refractivity contribution in [2.24, 2.45) is 4.99 Å². The second-order valence-corrected chi connectivity index (χ2v) is 7.12. The molecular weight excluding hydrogens is 451 g/mol. The molecule has 2 aromatic heterocycles. The number of anilines is 1. The summed E-state index contributed by atoms with van der Waals surface area (Å²) >= 11 is 0. The highest BCUT2D eigenvalue weighted by Gasteiger charge is 2.31. The van der Waals surface area contributed by atoms with E-state index in [1.165, 1.54) is 19.2 Å². The summed E-state index contributed by atoms with van der Waals surface area (Å²) in [6, 6.07) is 16.8. The SMILES string of the molecule is COc1cccc2cc(C(=O)Nc3cccc(C)n3)c(=Nc3ccc(OC(F)(F)F)cc3)oc12. The lowest BCUT2D eigenvalue weighted by molar-refractivity contribution is -0.274. The number of halogens is 3. The lowest BCUT2D eigenvalue weighted by atomic mass is 10.1. The van der Waals surface area contributed by atoms with Crippen LogP contribution in [0.5, 0.6) is 11.5 Å². The predicted molar refractivity (Wildman–Crippen MR) is 118 cm³/mol. The van der Waals surface area contributed by atoms with Crippen molar-refractivity contribution in [1.82, 2.24) is 4.98 Å². The van der Waals surface area contributed by atoms with Crippen LogP contribution < -0.4 is 20.3 Å². The van der Waals surface area contributed by atoms with Gasteiger partial charge in [-0.1, -0.05) is 18.2 Å². The number of benzene rings is 2. The number of carbonyl (C=O) groups excluding carboxylic acids is 1. The van der Waals surface area contributed by atoms with Gasteiger partial charge < -0.3 is 19.2 Å². The fraction of sp³-hybridized carbons (Fsp3) is 0.125. The number of methoxy groups -OCH3 is 1. The number of hydrogen-bond donors (Lipinski definition) is 1. The Morgan fingerprint density at radius 1 is 1.06 bits per heavy atom. The predicted octanol–water partition coefficient (Wildman–Crippen LogP) is 5.53. The van der Waals surface area contributed by atoms with Gasteiger partial charge in [0.1, 0.15) is 17.1 Å². The molecule has 1 N–H and O–H groups in total. The Kier molecular flexibility index (Phi) is 6.22. The molecule has 0 saturated carbocycles. The van der Waals surface area contributed by atoms with Gasteiger partial charge in [-0.25, -0.2) is 9.98 Å². The molecule has 0 bridgehead atoms. The number of nitrogens with zero attached hydrogens (tertiary/aromatic N) is 2. The van der Waals surface area contributed by atoms with Crippen LogP contribution in [0, 0.1) is 6.92 Å². The highest BCUT2D eigenvalue weighted by Crippen LogP contribution is 2.27. The third-order valence-electron chi connectivity index (χ3n) is 4.63. The van der Waals surface area contributed by atoms with Gasteiger partial charge in [-0.2, -0.15) is 0 Å². The number of pyridine rings is 1. The van der Waals surface area contributed by atoms with Crippen molar-refractivity contribution >= 4 is 28.4 Å². The summed E-state index contributed by atoms with van der Waals surface area (Å²) in [6.07, 6.45) is -4.81. The van der Waals surface area contributed by atoms with Gasteiger partial charge in [0.25, 0.3) is 5.91 Å². The molecule has 4 aromatic rings. The first kappa shape index (κ1) is 22.8. The largest absolute Gasteiger partial charge is 0.573 e. The van der Waals surface area contributed by atoms with Crippen molar-refractivity contribution in [1.29, 1.82) is 0 Å². The smallest absolute Gasteiger partial charge is 0.493 e. The summed E-state index contributed by atoms with van der Waals surface area (Å²) in [5.41, 5.74) is 1.35. The summed E-state index contributed by atoms with van der Waals surface area (Å²) in [5, 5.41) is 3.30. The van der Waals surface area contributed by atoms with Crippen LogP contribution in [-0.2, 0) is 0 Å². The molecule has 34 heavy (non-hydrogen) atoms. The summed E-state index contributed by atoms with van der Waals surface area (Å²) in [6.45, 7) is 1.79. The lowest BCUT2D eigenvalue weighted by Gasteiger charge is -2.09. The zero-order valence-corrected chi connectivity index (χ0v) is 18.0. The van der Waals surface area contributed by atoms with Gasteiger partial charge in [0.2, 0.25) is 5.55 Å². The van der Waals surface area contributed by atoms with Crippen LogP contribution in [0.15, 0.2) is 76.1 Å². The monoisotopic (exact) mass is 469 g/mol. The van der Waals surface area contributed by atoms with Crippen LogP contribution in [0.4, 0.5) is 24.7 Å². The molecule has 0 saturated heterocycles. The minimum absolute atomic E-state index is 0.0633. The van der Waals surface area contributed by atoms with Gasteiger partial charge in [0.05, 0.1) is 12.8 Å². The maximum Gasteiger partial charge on any atom is 0.573 e. The molecule has 2 heterocycles. The number of carbonyl (C=O) groups is 1. The molecule has 0 aliphatic carbocycles. The summed E-state index contributed by atoms with van der Waals surface area (Å²) in [7, 11) is 1.48. The zero-order chi connectivity index (χ0) is 24.3. The van der Waals surface area contributed by atoms with Crippen molar-refractivity contribution in [2.45, 2.75) is 13.3 Å². The van der Waals surface area contributed by atoms with E-state index in [1.54, 1.807) is 49.4 Å². The Balaban J connectivity index is 1.80. The third-order valence-corrected chi connectivity index (χ3v) is 4.63. The first-order chi connectivity index (χ1) is 16.2. The number of amides is 1. The molecule has 0 spiro atoms. The van der Waals surface area contributed by atoms with E-state index in [0.29, 0.717) is 22.5 Å². The maximum absolute atomic E-state index is 13.1. The van der Waals surface area contributed by atoms with Crippen LogP contribution in [0.3, 0.4) is 0 Å². The van der Waals surface area contributed by atoms with E-state index in [1.807, 2.05) is 0 Å². The quantitative estimate of drug-likeness (QED) is 0.416. The molecule has 2 aromatic carbocycles. The molecule has 0 unspecified atom stereocenters. The van der Waals surface area contributed by atoms with Crippen molar-refractivity contribution in [3.05, 3.63) is 83.5 Å². The lowest BCUT2D eigenvalue weighted by Crippen LogP contribution is -2.22. The van der Waals surface area contributed by atoms with Gasteiger partial charge in [-0.15, -0.1) is 13.2 Å². The first-order valence-corrected chi connectivity index (χ1v) is 9.98. The third kappa shape index (κ3) is 5.34. The molecule has 0 aliphatic rings. The van der Waals surface area contributed by atoms with Crippen LogP contribution in [0.2, 0.25) is 0 Å². The normalized spacial score (nSPS) is 12.0. The van der Waals surface area contributed by atoms with Crippen LogP contribution in [-0.4, -0.2) is 24.4 Å². The molecule has 0 radical (unpaired) electrons. The summed E-state index contributed by atoms with van der Waals surface area (Å²) in [4.78, 5) is 21.7. The Bertz CT molecular complexity index is 1410. The van der Waals surface area contributed by atoms with Gasteiger partial charge in [-0.3, -0.25) is 4.79 Å². The van der Waals surface area contributed by atoms with Gasteiger partial charge in [0.15, 0.2) is 11.3 Å². The number of hydrogen-bond acceptors (Lipinski definition) is 6. The number of nitrogens with one attached hydrogen (secondary N) is 1. The molecule has 10 heteroatoms. The molecule has 4 rings (SSSR count). The average Bonchev–Trinajstić information content (AvgIpc) is 2.78. The highest BCUT2D eigenvalue weighted by atomic mass is 19.4. The van der Waals surface area contributed by atoms with E-state index in [2.05, 4.69) is 20.0 Å². The minimum atomic E-state index is -4.81. The minimum Gasteiger partial charge on any atom is -0.493 e. The van der Waals surface area contributed by atoms with Crippen molar-refractivity contribution in [2.75, 3.05) is 12.4 Å². The van der Waals surface area contributed by atoms with Crippen LogP contribution in [0.1, 0.15) is 16.1 Å². The molecule has 7 nitrogen and oxygen atoms in total. The first-order valence-electron chi connectivity index (χ1n) is 9.98. The van der Waals surface area contributed by atoms with Crippen LogP contribution in [0.25, 0.3) is 11.0 Å². The second-order valence-electron chi connectivity index (χ2n) is 7.12. The number of aromatic nitrogens is 1. The molecule has 174 valence electrons. The number of alkyl halides is 3. The number of rotatable bonds is 5. The summed E-state index contributed by atoms with van der Waals surface area (Å²) in [5.74, 6) is -0.153. The molecule has 0 aliphatic heterocycles. The van der Waals surface area contributed by atoms with E-state index in [9.17, 15) is 18.0 Å². The van der Waals surface area contributed by atoms with E-state index in [0.717, 1.165) is 17.8 Å². The van der Waals surface area contributed by atoms with Gasteiger partial charge in [-0.05, 0) is 55.5 Å². The highest BCUT2D eigenvalue weighted by molar-refractivity contribution is 6.05. The topological polar surface area (TPSA) is 86.0 Å². The van der Waals surface area contributed by atoms with E-state index in [4.69, 9.17) is 9.15 Å². The molecular formula is C24H18F3N3O4. The van der Waals surface area contributed by atoms with Crippen LogP contribution >= 0.6 is 0 Å². The number of fused-ring (bicyclic) bond motifs is 1. The Morgan fingerprint density at radius 3 is 2.47 bits per heavy atom. The van der Waals surface area contributed by atoms with Gasteiger partial charge >= 0.3 is 6.36 Å². The van der Waals surface area contributed by atoms with Crippen molar-refractivity contribution < 1.29 is 31.9 Å². The average molecular weight is 469 g/mol. The number of ether oxygens (including phenoxy) is 2. The fourth-order valence-corrected chi connectivity index (χ4v) is 3.17. The zero-order valence-electron chi connectivity index (χ0n) is 18.0. The molecule has 1 amide bonds. The Morgan fingerprint density at radius 2 is 1.79 bits per heavy atom. The van der Waals surface area contributed by atoms with Crippen molar-refractivity contribution in [3.63, 3.8) is 0 Å². The van der Waals surface area contributed by atoms with Crippen molar-refractivity contribution in [3.8, 4) is 11.5 Å². The van der Waals surface area contributed by atoms with E-state index < -0.39 is 18.0 Å².